The highest BCUT2D eigenvalue weighted by atomic mass is 32.1. The molecular weight excluding hydrogens is 600 g/mol. The Labute approximate surface area is 252 Å². The van der Waals surface area contributed by atoms with Crippen LogP contribution in [-0.4, -0.2) is 61.4 Å². The van der Waals surface area contributed by atoms with Crippen molar-refractivity contribution < 1.29 is 23.5 Å². The van der Waals surface area contributed by atoms with Crippen molar-refractivity contribution in [1.82, 2.24) is 30.1 Å². The molecule has 0 saturated heterocycles. The minimum absolute atomic E-state index is 0.0278. The molecule has 1 fully saturated rings. The van der Waals surface area contributed by atoms with E-state index in [-0.39, 0.29) is 40.1 Å². The van der Waals surface area contributed by atoms with Gasteiger partial charge in [0.2, 0.25) is 11.3 Å². The fourth-order valence-corrected chi connectivity index (χ4v) is 7.26. The predicted molar refractivity (Wildman–Crippen MR) is 155 cm³/mol. The zero-order chi connectivity index (χ0) is 30.5. The minimum atomic E-state index is -0.802. The van der Waals surface area contributed by atoms with Crippen LogP contribution in [0, 0.1) is 17.6 Å². The molecule has 2 aliphatic rings. The van der Waals surface area contributed by atoms with Crippen LogP contribution in [0.2, 0.25) is 0 Å². The Morgan fingerprint density at radius 1 is 1.19 bits per heavy atom. The first-order valence-corrected chi connectivity index (χ1v) is 15.2. The molecule has 0 bridgehead atoms. The summed E-state index contributed by atoms with van der Waals surface area (Å²) >= 11 is 2.51. The molecule has 0 radical (unpaired) electrons. The molecule has 43 heavy (non-hydrogen) atoms. The van der Waals surface area contributed by atoms with Crippen LogP contribution in [-0.2, 0) is 17.8 Å². The summed E-state index contributed by atoms with van der Waals surface area (Å²) in [4.78, 5) is 46.2. The van der Waals surface area contributed by atoms with Gasteiger partial charge in [-0.2, -0.15) is 0 Å². The molecule has 4 aromatic rings. The normalized spacial score (nSPS) is 20.0. The number of pyridine rings is 1. The van der Waals surface area contributed by atoms with Crippen LogP contribution in [0.15, 0.2) is 40.9 Å². The summed E-state index contributed by atoms with van der Waals surface area (Å²) in [6.45, 7) is 0.415. The number of hydrogen-bond acceptors (Lipinski definition) is 10. The molecule has 11 nitrogen and oxygen atoms in total. The van der Waals surface area contributed by atoms with Gasteiger partial charge in [0.25, 0.3) is 5.91 Å². The molecule has 224 valence electrons. The third-order valence-electron chi connectivity index (χ3n) is 8.35. The van der Waals surface area contributed by atoms with E-state index in [1.165, 1.54) is 33.2 Å². The molecule has 1 aliphatic carbocycles. The Morgan fingerprint density at radius 2 is 1.95 bits per heavy atom. The third-order valence-corrected chi connectivity index (χ3v) is 10.1. The lowest BCUT2D eigenvalue weighted by atomic mass is 9.79. The van der Waals surface area contributed by atoms with Crippen LogP contribution >= 0.6 is 22.7 Å². The molecule has 4 heterocycles. The molecule has 0 unspecified atom stereocenters. The molecule has 1 saturated carbocycles. The number of carbonyl (C=O) groups is 2. The van der Waals surface area contributed by atoms with Gasteiger partial charge in [-0.15, -0.1) is 21.5 Å². The maximum atomic E-state index is 14.2. The summed E-state index contributed by atoms with van der Waals surface area (Å²) in [6, 6.07) is 3.26. The van der Waals surface area contributed by atoms with Gasteiger partial charge in [0.15, 0.2) is 16.5 Å². The molecule has 1 spiro atoms. The van der Waals surface area contributed by atoms with Crippen molar-refractivity contribution >= 4 is 34.5 Å². The molecular formula is C28H27F2N7O4S2. The lowest BCUT2D eigenvalue weighted by Gasteiger charge is -2.55. The Kier molecular flexibility index (Phi) is 7.46. The quantitative estimate of drug-likeness (QED) is 0.333. The number of nitrogens with zero attached hydrogens (tertiary/aromatic N) is 6. The zero-order valence-electron chi connectivity index (χ0n) is 23.2. The fourth-order valence-electron chi connectivity index (χ4n) is 5.85. The molecule has 15 heteroatoms. The first-order valence-electron chi connectivity index (χ1n) is 13.5. The molecule has 2 amide bonds. The topological polar surface area (TPSA) is 134 Å². The second-order valence-corrected chi connectivity index (χ2v) is 12.7. The third kappa shape index (κ3) is 5.05. The average Bonchev–Trinajstić information content (AvgIpc) is 3.69. The van der Waals surface area contributed by atoms with Crippen molar-refractivity contribution in [3.8, 4) is 16.3 Å². The number of carbonyl (C=O) groups excluding carboxylic acids is 2. The second kappa shape index (κ2) is 11.1. The lowest BCUT2D eigenvalue weighted by molar-refractivity contribution is -0.127. The lowest BCUT2D eigenvalue weighted by Crippen LogP contribution is -2.69. The van der Waals surface area contributed by atoms with E-state index in [9.17, 15) is 28.3 Å². The van der Waals surface area contributed by atoms with Crippen molar-refractivity contribution in [3.05, 3.63) is 79.1 Å². The molecule has 6 rings (SSSR count). The van der Waals surface area contributed by atoms with Gasteiger partial charge in [0, 0.05) is 49.8 Å². The Balaban J connectivity index is 1.26. The van der Waals surface area contributed by atoms with E-state index in [0.717, 1.165) is 28.3 Å². The van der Waals surface area contributed by atoms with Crippen LogP contribution in [0.4, 0.5) is 8.78 Å². The Morgan fingerprint density at radius 3 is 2.65 bits per heavy atom. The Hall–Kier alpha value is -4.24. The highest BCUT2D eigenvalue weighted by molar-refractivity contribution is 7.14. The number of fused-ring (bicyclic) bond motifs is 1. The van der Waals surface area contributed by atoms with E-state index in [1.54, 1.807) is 25.8 Å². The number of nitrogens with one attached hydrogen (secondary N) is 1. The average molecular weight is 628 g/mol. The van der Waals surface area contributed by atoms with Crippen molar-refractivity contribution in [2.75, 3.05) is 19.1 Å². The number of benzene rings is 1. The van der Waals surface area contributed by atoms with Crippen LogP contribution in [0.5, 0.6) is 5.75 Å². The summed E-state index contributed by atoms with van der Waals surface area (Å²) in [5, 5.41) is 24.5. The number of aromatic hydroxyl groups is 1. The summed E-state index contributed by atoms with van der Waals surface area (Å²) < 4.78 is 29.0. The first-order chi connectivity index (χ1) is 20.6. The molecule has 1 aromatic carbocycles. The first kappa shape index (κ1) is 28.9. The predicted octanol–water partition coefficient (Wildman–Crippen LogP) is 3.25. The van der Waals surface area contributed by atoms with Gasteiger partial charge < -0.3 is 15.3 Å². The summed E-state index contributed by atoms with van der Waals surface area (Å²) in [6.07, 6.45) is 5.25. The number of amides is 2. The largest absolute Gasteiger partial charge is 0.502 e. The standard InChI is InChI=1S/C28H27F2N7O4S2/c1-35-27(41)22-24(39)23(38)19(26-34-33-21(43-26)9-16-3-4-17(29)10-20(16)30)13-37(22)36(2)28(35)7-5-15(6-8-28)25(40)32-12-18-11-31-14-42-18/h3-4,10-11,13-15,39H,5-9,12H2,1-2H3,(H,32,40). The highest BCUT2D eigenvalue weighted by Crippen LogP contribution is 2.42. The highest BCUT2D eigenvalue weighted by Gasteiger charge is 2.50. The second-order valence-electron chi connectivity index (χ2n) is 10.7. The van der Waals surface area contributed by atoms with Gasteiger partial charge in [0.05, 0.1) is 17.6 Å². The monoisotopic (exact) mass is 627 g/mol. The van der Waals surface area contributed by atoms with E-state index >= 15 is 0 Å². The van der Waals surface area contributed by atoms with E-state index in [2.05, 4.69) is 20.5 Å². The van der Waals surface area contributed by atoms with E-state index in [1.807, 2.05) is 5.01 Å². The van der Waals surface area contributed by atoms with Crippen LogP contribution < -0.4 is 15.8 Å². The van der Waals surface area contributed by atoms with Crippen LogP contribution in [0.1, 0.15) is 51.6 Å². The smallest absolute Gasteiger partial charge is 0.278 e. The van der Waals surface area contributed by atoms with Crippen LogP contribution in [0.3, 0.4) is 0 Å². The summed E-state index contributed by atoms with van der Waals surface area (Å²) in [5.74, 6) is -2.91. The SMILES string of the molecule is CN1C(=O)c2c(O)c(=O)c(-c3nnc(Cc4ccc(F)cc4F)s3)cn2N(C)C12CCC(C(=O)NCc1cncs1)CC2. The van der Waals surface area contributed by atoms with Gasteiger partial charge in [-0.05, 0) is 37.3 Å². The molecule has 3 aromatic heterocycles. The van der Waals surface area contributed by atoms with Gasteiger partial charge in [-0.25, -0.2) is 8.78 Å². The minimum Gasteiger partial charge on any atom is -0.502 e. The molecule has 1 aliphatic heterocycles. The van der Waals surface area contributed by atoms with Gasteiger partial charge in [-0.3, -0.25) is 29.1 Å². The van der Waals surface area contributed by atoms with E-state index in [4.69, 9.17) is 0 Å². The van der Waals surface area contributed by atoms with Gasteiger partial charge in [0.1, 0.15) is 22.3 Å². The van der Waals surface area contributed by atoms with Crippen molar-refractivity contribution in [2.45, 2.75) is 44.3 Å². The van der Waals surface area contributed by atoms with Crippen molar-refractivity contribution in [3.63, 3.8) is 0 Å². The van der Waals surface area contributed by atoms with Crippen molar-refractivity contribution in [1.29, 1.82) is 0 Å². The molecule has 0 atom stereocenters. The van der Waals surface area contributed by atoms with E-state index in [0.29, 0.717) is 37.2 Å². The maximum Gasteiger partial charge on any atom is 0.278 e. The summed E-state index contributed by atoms with van der Waals surface area (Å²) in [7, 11) is 3.41. The number of thiazole rings is 1. The number of halogens is 2. The number of hydrogen-bond donors (Lipinski definition) is 2. The van der Waals surface area contributed by atoms with Crippen LogP contribution in [0.25, 0.3) is 10.6 Å². The Bertz CT molecular complexity index is 1770. The van der Waals surface area contributed by atoms with Gasteiger partial charge in [-0.1, -0.05) is 17.4 Å². The fraction of sp³-hybridized carbons (Fsp3) is 0.357. The van der Waals surface area contributed by atoms with Gasteiger partial charge >= 0.3 is 0 Å². The zero-order valence-corrected chi connectivity index (χ0v) is 24.8. The molecule has 2 N–H and O–H groups in total. The number of aromatic nitrogens is 4. The van der Waals surface area contributed by atoms with Crippen molar-refractivity contribution in [2.24, 2.45) is 5.92 Å². The van der Waals surface area contributed by atoms with E-state index < -0.39 is 34.4 Å². The summed E-state index contributed by atoms with van der Waals surface area (Å²) in [5.41, 5.74) is 0.202. The number of rotatable bonds is 6. The maximum absolute atomic E-state index is 14.2.